The van der Waals surface area contributed by atoms with Gasteiger partial charge in [-0.2, -0.15) is 0 Å². The molecule has 3 N–H and O–H groups in total. The molecule has 4 heterocycles. The Balaban J connectivity index is 1.68. The van der Waals surface area contributed by atoms with Crippen LogP contribution >= 0.6 is 0 Å². The lowest BCUT2D eigenvalue weighted by Gasteiger charge is -2.51. The van der Waals surface area contributed by atoms with Crippen molar-refractivity contribution in [3.8, 4) is 0 Å². The Morgan fingerprint density at radius 2 is 1.71 bits per heavy atom. The molecule has 4 rings (SSSR count). The van der Waals surface area contributed by atoms with Crippen LogP contribution in [-0.4, -0.2) is 108 Å². The number of hydrogen-bond acceptors (Lipinski definition) is 13. The van der Waals surface area contributed by atoms with E-state index in [1.165, 1.54) is 13.2 Å². The summed E-state index contributed by atoms with van der Waals surface area (Å²) in [7, 11) is 1.22. The minimum absolute atomic E-state index is 0.000953. The monoisotopic (exact) mass is 724 g/mol. The van der Waals surface area contributed by atoms with Crippen molar-refractivity contribution in [2.75, 3.05) is 20.3 Å². The van der Waals surface area contributed by atoms with E-state index in [9.17, 15) is 29.7 Å². The van der Waals surface area contributed by atoms with Crippen molar-refractivity contribution in [1.29, 1.82) is 0 Å². The number of cyclic esters (lactones) is 1. The predicted molar refractivity (Wildman–Crippen MR) is 184 cm³/mol. The first-order chi connectivity index (χ1) is 24.3. The van der Waals surface area contributed by atoms with Crippen LogP contribution < -0.4 is 0 Å². The van der Waals surface area contributed by atoms with Crippen LogP contribution in [-0.2, 0) is 47.5 Å². The molecule has 4 aliphatic rings. The zero-order chi connectivity index (χ0) is 37.0. The third kappa shape index (κ3) is 12.1. The average molecular weight is 725 g/mol. The van der Waals surface area contributed by atoms with Gasteiger partial charge < -0.3 is 48.5 Å². The van der Waals surface area contributed by atoms with Crippen molar-refractivity contribution < 1.29 is 62.9 Å². The van der Waals surface area contributed by atoms with E-state index in [1.54, 1.807) is 26.0 Å². The second-order valence-corrected chi connectivity index (χ2v) is 15.0. The van der Waals surface area contributed by atoms with E-state index in [0.717, 1.165) is 44.9 Å². The maximum Gasteiger partial charge on any atom is 0.330 e. The van der Waals surface area contributed by atoms with E-state index >= 15 is 0 Å². The van der Waals surface area contributed by atoms with Gasteiger partial charge in [-0.1, -0.05) is 52.5 Å². The van der Waals surface area contributed by atoms with Crippen molar-refractivity contribution in [3.05, 3.63) is 23.8 Å². The molecule has 3 saturated heterocycles. The van der Waals surface area contributed by atoms with E-state index in [4.69, 9.17) is 33.2 Å². The van der Waals surface area contributed by atoms with Gasteiger partial charge in [0.15, 0.2) is 12.4 Å². The topological polar surface area (TPSA) is 177 Å². The molecule has 0 spiro atoms. The first-order valence-corrected chi connectivity index (χ1v) is 18.8. The van der Waals surface area contributed by atoms with Crippen LogP contribution in [0.3, 0.4) is 0 Å². The van der Waals surface area contributed by atoms with E-state index in [0.29, 0.717) is 25.9 Å². The van der Waals surface area contributed by atoms with E-state index in [-0.39, 0.29) is 56.0 Å². The molecule has 0 aromatic carbocycles. The molecule has 51 heavy (non-hydrogen) atoms. The van der Waals surface area contributed by atoms with Crippen LogP contribution in [0, 0.1) is 5.41 Å². The molecule has 6 bridgehead atoms. The molecule has 13 nitrogen and oxygen atoms in total. The number of carbonyl (C=O) groups is 3. The van der Waals surface area contributed by atoms with Crippen LogP contribution in [0.1, 0.15) is 117 Å². The summed E-state index contributed by atoms with van der Waals surface area (Å²) in [6.45, 7) is 5.42. The summed E-state index contributed by atoms with van der Waals surface area (Å²) in [5, 5.41) is 33.6. The lowest BCUT2D eigenvalue weighted by Crippen LogP contribution is -2.62. The molecule has 0 saturated carbocycles. The second-order valence-electron chi connectivity index (χ2n) is 15.0. The molecule has 0 aromatic rings. The van der Waals surface area contributed by atoms with Crippen molar-refractivity contribution in [2.24, 2.45) is 5.41 Å². The van der Waals surface area contributed by atoms with Crippen LogP contribution in [0.2, 0.25) is 0 Å². The Morgan fingerprint density at radius 3 is 2.43 bits per heavy atom. The van der Waals surface area contributed by atoms with Crippen LogP contribution in [0.4, 0.5) is 0 Å². The first-order valence-electron chi connectivity index (χ1n) is 18.8. The van der Waals surface area contributed by atoms with Crippen LogP contribution in [0.5, 0.6) is 0 Å². The number of fused-ring (bicyclic) bond motifs is 6. The van der Waals surface area contributed by atoms with Gasteiger partial charge in [0.2, 0.25) is 5.79 Å². The zero-order valence-corrected chi connectivity index (χ0v) is 30.8. The number of methoxy groups -OCH3 is 1. The fraction of sp³-hybridized carbons (Fsp3) is 0.816. The van der Waals surface area contributed by atoms with E-state index in [2.05, 4.69) is 6.92 Å². The van der Waals surface area contributed by atoms with Gasteiger partial charge in [-0.3, -0.25) is 9.59 Å². The minimum atomic E-state index is -2.25. The van der Waals surface area contributed by atoms with Crippen molar-refractivity contribution in [3.63, 3.8) is 0 Å². The third-order valence-electron chi connectivity index (χ3n) is 10.3. The SMILES string of the molecule is CCCCCCCC(=O)OC1C(=CC(=O)OC)CC2CC(CO)OC(=O)CC(O)CC3CCCC(CC4CCOC(C=CC(C)(C)C1(O)O2)O4)O3. The Kier molecular flexibility index (Phi) is 15.9. The number of aliphatic hydroxyl groups excluding tert-OH is 2. The van der Waals surface area contributed by atoms with Crippen LogP contribution in [0.25, 0.3) is 0 Å². The summed E-state index contributed by atoms with van der Waals surface area (Å²) in [5.41, 5.74) is -1.04. The molecule has 0 aliphatic carbocycles. The summed E-state index contributed by atoms with van der Waals surface area (Å²) in [4.78, 5) is 38.9. The van der Waals surface area contributed by atoms with E-state index < -0.39 is 66.4 Å². The molecule has 9 atom stereocenters. The quantitative estimate of drug-likeness (QED) is 0.101. The summed E-state index contributed by atoms with van der Waals surface area (Å²) in [6.07, 6.45) is 7.50. The smallest absolute Gasteiger partial charge is 0.330 e. The molecule has 0 aromatic heterocycles. The Hall–Kier alpha value is -2.39. The molecule has 3 fully saturated rings. The predicted octanol–water partition coefficient (Wildman–Crippen LogP) is 4.33. The van der Waals surface area contributed by atoms with Gasteiger partial charge in [0, 0.05) is 30.8 Å². The number of rotatable bonds is 9. The summed E-state index contributed by atoms with van der Waals surface area (Å²) in [6, 6.07) is 0. The Morgan fingerprint density at radius 1 is 0.980 bits per heavy atom. The van der Waals surface area contributed by atoms with Gasteiger partial charge in [-0.25, -0.2) is 4.79 Å². The van der Waals surface area contributed by atoms with Crippen LogP contribution in [0.15, 0.2) is 23.8 Å². The summed E-state index contributed by atoms with van der Waals surface area (Å²) < 4.78 is 41.4. The molecular formula is C38H60O13. The Bertz CT molecular complexity index is 1200. The largest absolute Gasteiger partial charge is 0.466 e. The number of unbranched alkanes of at least 4 members (excludes halogenated alkanes) is 4. The van der Waals surface area contributed by atoms with Gasteiger partial charge >= 0.3 is 17.9 Å². The third-order valence-corrected chi connectivity index (χ3v) is 10.3. The highest BCUT2D eigenvalue weighted by molar-refractivity contribution is 5.83. The van der Waals surface area contributed by atoms with Gasteiger partial charge in [0.1, 0.15) is 6.10 Å². The summed E-state index contributed by atoms with van der Waals surface area (Å²) >= 11 is 0. The maximum absolute atomic E-state index is 13.3. The minimum Gasteiger partial charge on any atom is -0.466 e. The normalized spacial score (nSPS) is 35.7. The maximum atomic E-state index is 13.3. The van der Waals surface area contributed by atoms with Crippen molar-refractivity contribution in [2.45, 2.75) is 172 Å². The van der Waals surface area contributed by atoms with Crippen molar-refractivity contribution in [1.82, 2.24) is 0 Å². The molecule has 0 amide bonds. The zero-order valence-electron chi connectivity index (χ0n) is 30.8. The highest BCUT2D eigenvalue weighted by Crippen LogP contribution is 2.47. The molecular weight excluding hydrogens is 664 g/mol. The lowest BCUT2D eigenvalue weighted by molar-refractivity contribution is -0.327. The molecule has 9 unspecified atom stereocenters. The first kappa shape index (κ1) is 41.4. The number of ether oxygens (including phenoxy) is 7. The number of esters is 3. The Labute approximate surface area is 302 Å². The molecule has 0 radical (unpaired) electrons. The van der Waals surface area contributed by atoms with E-state index in [1.807, 2.05) is 0 Å². The van der Waals surface area contributed by atoms with Gasteiger partial charge in [-0.05, 0) is 56.6 Å². The molecule has 4 aliphatic heterocycles. The second kappa shape index (κ2) is 19.6. The fourth-order valence-corrected chi connectivity index (χ4v) is 7.38. The van der Waals surface area contributed by atoms with Gasteiger partial charge in [0.25, 0.3) is 0 Å². The van der Waals surface area contributed by atoms with Gasteiger partial charge in [-0.15, -0.1) is 0 Å². The average Bonchev–Trinajstić information content (AvgIpc) is 3.08. The standard InChI is InChI=1S/C38H60O13/c1-5-6-7-8-9-13-32(41)50-36-25(19-33(42)45-4)18-30-23-31(24-39)48-34(43)21-26(40)20-27-11-10-12-28(47-27)22-29-15-17-46-35(49-29)14-16-37(2,3)38(36,44)51-30/h14,16,19,26-31,35-36,39-40,44H,5-13,15,17-18,20-24H2,1-4H3. The highest BCUT2D eigenvalue weighted by atomic mass is 16.7. The number of hydrogen-bond donors (Lipinski definition) is 3. The lowest BCUT2D eigenvalue weighted by atomic mass is 9.74. The summed E-state index contributed by atoms with van der Waals surface area (Å²) in [5.74, 6) is -4.21. The number of carbonyl (C=O) groups excluding carboxylic acids is 3. The molecule has 290 valence electrons. The van der Waals surface area contributed by atoms with Gasteiger partial charge in [0.05, 0.1) is 57.3 Å². The number of aliphatic hydroxyl groups is 3. The highest BCUT2D eigenvalue weighted by Gasteiger charge is 2.57. The molecule has 13 heteroatoms. The fourth-order valence-electron chi connectivity index (χ4n) is 7.38. The van der Waals surface area contributed by atoms with Crippen molar-refractivity contribution >= 4 is 17.9 Å².